The molecule has 0 spiro atoms. The van der Waals surface area contributed by atoms with Crippen molar-refractivity contribution in [3.63, 3.8) is 0 Å². The molecule has 5 nitrogen and oxygen atoms in total. The van der Waals surface area contributed by atoms with E-state index in [2.05, 4.69) is 5.32 Å². The fourth-order valence-electron chi connectivity index (χ4n) is 2.36. The van der Waals surface area contributed by atoms with Crippen molar-refractivity contribution in [1.82, 2.24) is 14.8 Å². The third-order valence-electron chi connectivity index (χ3n) is 3.41. The van der Waals surface area contributed by atoms with Gasteiger partial charge in [-0.1, -0.05) is 0 Å². The number of amides is 1. The Kier molecular flexibility index (Phi) is 3.52. The monoisotopic (exact) mass is 249 g/mol. The molecule has 98 valence electrons. The summed E-state index contributed by atoms with van der Waals surface area (Å²) in [5.41, 5.74) is 0.315. The van der Waals surface area contributed by atoms with Gasteiger partial charge in [0.2, 0.25) is 0 Å². The van der Waals surface area contributed by atoms with Gasteiger partial charge in [0, 0.05) is 50.0 Å². The molecular weight excluding hydrogens is 230 g/mol. The number of piperazine rings is 1. The summed E-state index contributed by atoms with van der Waals surface area (Å²) < 4.78 is 1.46. The van der Waals surface area contributed by atoms with Gasteiger partial charge < -0.3 is 14.8 Å². The Labute approximate surface area is 106 Å². The van der Waals surface area contributed by atoms with Crippen LogP contribution in [0.4, 0.5) is 0 Å². The van der Waals surface area contributed by atoms with Gasteiger partial charge in [-0.2, -0.15) is 0 Å². The minimum atomic E-state index is -0.156. The van der Waals surface area contributed by atoms with Crippen LogP contribution in [-0.2, 0) is 7.05 Å². The van der Waals surface area contributed by atoms with Crippen LogP contribution < -0.4 is 10.9 Å². The molecule has 0 aliphatic carbocycles. The van der Waals surface area contributed by atoms with E-state index in [1.165, 1.54) is 10.6 Å². The van der Waals surface area contributed by atoms with E-state index in [0.717, 1.165) is 13.1 Å². The van der Waals surface area contributed by atoms with E-state index in [4.69, 9.17) is 0 Å². The van der Waals surface area contributed by atoms with Crippen molar-refractivity contribution in [2.75, 3.05) is 13.1 Å². The van der Waals surface area contributed by atoms with Crippen LogP contribution in [0.1, 0.15) is 24.2 Å². The minimum absolute atomic E-state index is 0.0609. The van der Waals surface area contributed by atoms with Crippen LogP contribution in [0.3, 0.4) is 0 Å². The van der Waals surface area contributed by atoms with Crippen LogP contribution in [0.5, 0.6) is 0 Å². The first-order valence-corrected chi connectivity index (χ1v) is 6.20. The summed E-state index contributed by atoms with van der Waals surface area (Å²) in [5.74, 6) is -0.0609. The molecule has 1 aromatic rings. The van der Waals surface area contributed by atoms with Gasteiger partial charge in [-0.25, -0.2) is 0 Å². The van der Waals surface area contributed by atoms with Crippen molar-refractivity contribution in [3.05, 3.63) is 34.2 Å². The Morgan fingerprint density at radius 3 is 2.50 bits per heavy atom. The number of nitrogens with one attached hydrogen (secondary N) is 1. The molecule has 0 bridgehead atoms. The second kappa shape index (κ2) is 4.94. The molecule has 0 radical (unpaired) electrons. The van der Waals surface area contributed by atoms with Gasteiger partial charge in [0.15, 0.2) is 0 Å². The van der Waals surface area contributed by atoms with Crippen molar-refractivity contribution in [2.45, 2.75) is 25.9 Å². The van der Waals surface area contributed by atoms with E-state index in [1.54, 1.807) is 19.3 Å². The highest BCUT2D eigenvalue weighted by atomic mass is 16.2. The zero-order chi connectivity index (χ0) is 13.3. The van der Waals surface area contributed by atoms with Crippen LogP contribution in [0.15, 0.2) is 23.1 Å². The molecule has 18 heavy (non-hydrogen) atoms. The maximum atomic E-state index is 12.4. The standard InChI is InChI=1S/C13H19N3O2/c1-9-7-14-8-10(2)16(9)13(18)11-4-5-15(3)12(17)6-11/h4-6,9-10,14H,7-8H2,1-3H3. The Hall–Kier alpha value is -1.62. The van der Waals surface area contributed by atoms with E-state index in [9.17, 15) is 9.59 Å². The average Bonchev–Trinajstić information content (AvgIpc) is 2.32. The summed E-state index contributed by atoms with van der Waals surface area (Å²) >= 11 is 0. The van der Waals surface area contributed by atoms with Gasteiger partial charge in [-0.15, -0.1) is 0 Å². The molecule has 1 saturated heterocycles. The molecule has 0 saturated carbocycles. The van der Waals surface area contributed by atoms with Crippen molar-refractivity contribution < 1.29 is 4.79 Å². The first-order valence-electron chi connectivity index (χ1n) is 6.20. The molecular formula is C13H19N3O2. The number of nitrogens with zero attached hydrogens (tertiary/aromatic N) is 2. The van der Waals surface area contributed by atoms with Gasteiger partial charge in [0.05, 0.1) is 0 Å². The van der Waals surface area contributed by atoms with E-state index in [1.807, 2.05) is 18.7 Å². The first-order chi connectivity index (χ1) is 8.50. The van der Waals surface area contributed by atoms with Gasteiger partial charge in [-0.05, 0) is 19.9 Å². The molecule has 1 aliphatic heterocycles. The third-order valence-corrected chi connectivity index (χ3v) is 3.41. The van der Waals surface area contributed by atoms with Gasteiger partial charge >= 0.3 is 0 Å². The molecule has 1 aromatic heterocycles. The number of carbonyl (C=O) groups excluding carboxylic acids is 1. The molecule has 1 aliphatic rings. The third kappa shape index (κ3) is 2.31. The molecule has 5 heteroatoms. The van der Waals surface area contributed by atoms with Crippen LogP contribution >= 0.6 is 0 Å². The lowest BCUT2D eigenvalue weighted by molar-refractivity contribution is 0.0544. The summed E-state index contributed by atoms with van der Waals surface area (Å²) in [5, 5.41) is 3.28. The molecule has 1 fully saturated rings. The fourth-order valence-corrected chi connectivity index (χ4v) is 2.36. The normalized spacial score (nSPS) is 24.1. The van der Waals surface area contributed by atoms with Crippen molar-refractivity contribution in [3.8, 4) is 0 Å². The van der Waals surface area contributed by atoms with Crippen LogP contribution in [0, 0.1) is 0 Å². The van der Waals surface area contributed by atoms with Crippen LogP contribution in [0.25, 0.3) is 0 Å². The van der Waals surface area contributed by atoms with Crippen LogP contribution in [0.2, 0.25) is 0 Å². The van der Waals surface area contributed by atoms with E-state index in [-0.39, 0.29) is 23.6 Å². The van der Waals surface area contributed by atoms with Gasteiger partial charge in [0.1, 0.15) is 0 Å². The van der Waals surface area contributed by atoms with E-state index in [0.29, 0.717) is 5.56 Å². The molecule has 2 heterocycles. The van der Waals surface area contributed by atoms with Crippen LogP contribution in [-0.4, -0.2) is 40.5 Å². The SMILES string of the molecule is CC1CNCC(C)N1C(=O)c1ccn(C)c(=O)c1. The van der Waals surface area contributed by atoms with E-state index >= 15 is 0 Å². The molecule has 2 atom stereocenters. The molecule has 1 amide bonds. The highest BCUT2D eigenvalue weighted by Crippen LogP contribution is 2.13. The highest BCUT2D eigenvalue weighted by molar-refractivity contribution is 5.94. The maximum absolute atomic E-state index is 12.4. The summed E-state index contributed by atoms with van der Waals surface area (Å²) in [6, 6.07) is 3.39. The van der Waals surface area contributed by atoms with Crippen molar-refractivity contribution >= 4 is 5.91 Å². The Bertz CT molecular complexity index is 499. The molecule has 2 rings (SSSR count). The number of rotatable bonds is 1. The number of aryl methyl sites for hydroxylation is 1. The summed E-state index contributed by atoms with van der Waals surface area (Å²) in [7, 11) is 1.67. The maximum Gasteiger partial charge on any atom is 0.254 e. The average molecular weight is 249 g/mol. The number of hydrogen-bond donors (Lipinski definition) is 1. The quantitative estimate of drug-likeness (QED) is 0.774. The van der Waals surface area contributed by atoms with Crippen molar-refractivity contribution in [1.29, 1.82) is 0 Å². The Morgan fingerprint density at radius 2 is 1.94 bits per heavy atom. The second-order valence-corrected chi connectivity index (χ2v) is 4.93. The predicted octanol–water partition coefficient (Wildman–Crippen LogP) is 0.208. The second-order valence-electron chi connectivity index (χ2n) is 4.93. The molecule has 0 aromatic carbocycles. The molecule has 2 unspecified atom stereocenters. The largest absolute Gasteiger partial charge is 0.331 e. The Balaban J connectivity index is 2.29. The summed E-state index contributed by atoms with van der Waals surface area (Å²) in [6.45, 7) is 5.62. The lowest BCUT2D eigenvalue weighted by Crippen LogP contribution is -2.57. The molecule has 1 N–H and O–H groups in total. The zero-order valence-corrected chi connectivity index (χ0v) is 11.0. The number of pyridine rings is 1. The highest BCUT2D eigenvalue weighted by Gasteiger charge is 2.29. The topological polar surface area (TPSA) is 54.3 Å². The van der Waals surface area contributed by atoms with Crippen molar-refractivity contribution in [2.24, 2.45) is 7.05 Å². The Morgan fingerprint density at radius 1 is 1.33 bits per heavy atom. The first kappa shape index (κ1) is 12.8. The zero-order valence-electron chi connectivity index (χ0n) is 11.0. The fraction of sp³-hybridized carbons (Fsp3) is 0.538. The lowest BCUT2D eigenvalue weighted by Gasteiger charge is -2.39. The minimum Gasteiger partial charge on any atom is -0.331 e. The number of carbonyl (C=O) groups is 1. The predicted molar refractivity (Wildman–Crippen MR) is 69.6 cm³/mol. The number of hydrogen-bond acceptors (Lipinski definition) is 3. The summed E-state index contributed by atoms with van der Waals surface area (Å²) in [4.78, 5) is 25.9. The van der Waals surface area contributed by atoms with Gasteiger partial charge in [0.25, 0.3) is 11.5 Å². The summed E-state index contributed by atoms with van der Waals surface area (Å²) in [6.07, 6.45) is 1.63. The smallest absolute Gasteiger partial charge is 0.254 e. The lowest BCUT2D eigenvalue weighted by atomic mass is 10.1. The van der Waals surface area contributed by atoms with Gasteiger partial charge in [-0.3, -0.25) is 9.59 Å². The van der Waals surface area contributed by atoms with E-state index < -0.39 is 0 Å². The number of aromatic nitrogens is 1.